The van der Waals surface area contributed by atoms with E-state index in [4.69, 9.17) is 11.6 Å². The van der Waals surface area contributed by atoms with E-state index in [-0.39, 0.29) is 5.91 Å². The Balaban J connectivity index is 1.56. The average molecular weight is 365 g/mol. The second-order valence-electron chi connectivity index (χ2n) is 7.88. The van der Waals surface area contributed by atoms with E-state index in [1.807, 2.05) is 6.07 Å². The molecule has 1 aliphatic carbocycles. The van der Waals surface area contributed by atoms with Crippen LogP contribution in [0.25, 0.3) is 0 Å². The van der Waals surface area contributed by atoms with Crippen molar-refractivity contribution in [2.24, 2.45) is 11.8 Å². The SMILES string of the molecule is CN(C)C(=O)c1ccc(N2CCC(C3CC(N(C)C)C3)CC2)nc1Cl. The molecule has 0 unspecified atom stereocenters. The third-order valence-corrected chi connectivity index (χ3v) is 6.17. The number of amides is 1. The molecule has 0 bridgehead atoms. The molecule has 0 aromatic carbocycles. The first-order valence-corrected chi connectivity index (χ1v) is 9.54. The summed E-state index contributed by atoms with van der Waals surface area (Å²) in [5, 5.41) is 0.297. The third kappa shape index (κ3) is 3.93. The van der Waals surface area contributed by atoms with Gasteiger partial charge in [0, 0.05) is 33.2 Å². The molecular formula is C19H29ClN4O. The molecule has 25 heavy (non-hydrogen) atoms. The lowest BCUT2D eigenvalue weighted by molar-refractivity contribution is 0.0701. The minimum atomic E-state index is -0.108. The van der Waals surface area contributed by atoms with Crippen LogP contribution in [0.5, 0.6) is 0 Å². The van der Waals surface area contributed by atoms with Crippen LogP contribution < -0.4 is 4.90 Å². The van der Waals surface area contributed by atoms with E-state index in [1.54, 1.807) is 20.2 Å². The van der Waals surface area contributed by atoms with Crippen LogP contribution in [0, 0.1) is 11.8 Å². The van der Waals surface area contributed by atoms with Crippen molar-refractivity contribution in [1.82, 2.24) is 14.8 Å². The van der Waals surface area contributed by atoms with E-state index < -0.39 is 0 Å². The van der Waals surface area contributed by atoms with Crippen LogP contribution in [0.2, 0.25) is 5.15 Å². The number of piperidine rings is 1. The van der Waals surface area contributed by atoms with Crippen molar-refractivity contribution in [1.29, 1.82) is 0 Å². The van der Waals surface area contributed by atoms with Crippen molar-refractivity contribution in [2.75, 3.05) is 46.2 Å². The Hall–Kier alpha value is -1.33. The van der Waals surface area contributed by atoms with E-state index in [2.05, 4.69) is 28.9 Å². The minimum Gasteiger partial charge on any atom is -0.357 e. The molecule has 138 valence electrons. The highest BCUT2D eigenvalue weighted by atomic mass is 35.5. The van der Waals surface area contributed by atoms with Crippen molar-refractivity contribution in [2.45, 2.75) is 31.7 Å². The first kappa shape index (κ1) is 18.5. The van der Waals surface area contributed by atoms with E-state index in [1.165, 1.54) is 30.6 Å². The molecule has 0 atom stereocenters. The van der Waals surface area contributed by atoms with E-state index in [0.717, 1.165) is 36.8 Å². The molecule has 0 spiro atoms. The maximum Gasteiger partial charge on any atom is 0.256 e. The van der Waals surface area contributed by atoms with Gasteiger partial charge in [0.25, 0.3) is 5.91 Å². The fourth-order valence-corrected chi connectivity index (χ4v) is 4.27. The normalized spacial score (nSPS) is 24.3. The van der Waals surface area contributed by atoms with Crippen molar-refractivity contribution in [3.63, 3.8) is 0 Å². The summed E-state index contributed by atoms with van der Waals surface area (Å²) in [5.74, 6) is 2.52. The minimum absolute atomic E-state index is 0.108. The van der Waals surface area contributed by atoms with Crippen LogP contribution in [-0.2, 0) is 0 Å². The number of hydrogen-bond donors (Lipinski definition) is 0. The summed E-state index contributed by atoms with van der Waals surface area (Å²) < 4.78 is 0. The van der Waals surface area contributed by atoms with Gasteiger partial charge in [0.05, 0.1) is 5.56 Å². The molecule has 2 aliphatic rings. The van der Waals surface area contributed by atoms with Crippen LogP contribution >= 0.6 is 11.6 Å². The molecule has 1 aromatic rings. The average Bonchev–Trinajstić information content (AvgIpc) is 2.53. The highest BCUT2D eigenvalue weighted by molar-refractivity contribution is 6.32. The summed E-state index contributed by atoms with van der Waals surface area (Å²) in [7, 11) is 7.81. The fourth-order valence-electron chi connectivity index (χ4n) is 4.04. The number of rotatable bonds is 4. The van der Waals surface area contributed by atoms with Crippen LogP contribution in [0.3, 0.4) is 0 Å². The summed E-state index contributed by atoms with van der Waals surface area (Å²) in [6.45, 7) is 2.05. The second kappa shape index (κ2) is 7.50. The fraction of sp³-hybridized carbons (Fsp3) is 0.684. The van der Waals surface area contributed by atoms with Crippen LogP contribution in [0.4, 0.5) is 5.82 Å². The Morgan fingerprint density at radius 3 is 2.28 bits per heavy atom. The van der Waals surface area contributed by atoms with Gasteiger partial charge in [-0.1, -0.05) is 11.6 Å². The molecule has 5 nitrogen and oxygen atoms in total. The molecular weight excluding hydrogens is 336 g/mol. The van der Waals surface area contributed by atoms with Crippen LogP contribution in [0.15, 0.2) is 12.1 Å². The molecule has 0 radical (unpaired) electrons. The number of carbonyl (C=O) groups is 1. The summed E-state index contributed by atoms with van der Waals surface area (Å²) in [4.78, 5) is 22.7. The van der Waals surface area contributed by atoms with E-state index >= 15 is 0 Å². The number of hydrogen-bond acceptors (Lipinski definition) is 4. The molecule has 2 fully saturated rings. The molecule has 2 heterocycles. The second-order valence-corrected chi connectivity index (χ2v) is 8.24. The van der Waals surface area contributed by atoms with Crippen molar-refractivity contribution >= 4 is 23.3 Å². The van der Waals surface area contributed by atoms with Crippen LogP contribution in [-0.4, -0.2) is 68.0 Å². The van der Waals surface area contributed by atoms with Gasteiger partial charge in [-0.25, -0.2) is 4.98 Å². The molecule has 1 amide bonds. The van der Waals surface area contributed by atoms with Crippen molar-refractivity contribution in [3.05, 3.63) is 22.8 Å². The van der Waals surface area contributed by atoms with Gasteiger partial charge in [-0.3, -0.25) is 4.79 Å². The molecule has 1 saturated carbocycles. The number of halogens is 1. The Morgan fingerprint density at radius 2 is 1.76 bits per heavy atom. The zero-order valence-corrected chi connectivity index (χ0v) is 16.5. The highest BCUT2D eigenvalue weighted by Crippen LogP contribution is 2.41. The molecule has 1 saturated heterocycles. The number of anilines is 1. The van der Waals surface area contributed by atoms with Gasteiger partial charge < -0.3 is 14.7 Å². The standard InChI is InChI=1S/C19H29ClN4O/c1-22(2)15-11-14(12-15)13-7-9-24(10-8-13)17-6-5-16(18(20)21-17)19(25)23(3)4/h5-6,13-15H,7-12H2,1-4H3. The van der Waals surface area contributed by atoms with Gasteiger partial charge in [-0.2, -0.15) is 0 Å². The monoisotopic (exact) mass is 364 g/mol. The number of aromatic nitrogens is 1. The zero-order chi connectivity index (χ0) is 18.1. The predicted molar refractivity (Wildman–Crippen MR) is 102 cm³/mol. The first-order valence-electron chi connectivity index (χ1n) is 9.16. The Bertz CT molecular complexity index is 620. The Labute approximate surface area is 155 Å². The quantitative estimate of drug-likeness (QED) is 0.770. The first-order chi connectivity index (χ1) is 11.9. The summed E-state index contributed by atoms with van der Waals surface area (Å²) in [6.07, 6.45) is 5.15. The molecule has 1 aromatic heterocycles. The number of nitrogens with zero attached hydrogens (tertiary/aromatic N) is 4. The lowest BCUT2D eigenvalue weighted by atomic mass is 9.69. The molecule has 1 aliphatic heterocycles. The topological polar surface area (TPSA) is 39.7 Å². The van der Waals surface area contributed by atoms with E-state index in [0.29, 0.717) is 10.7 Å². The van der Waals surface area contributed by atoms with E-state index in [9.17, 15) is 4.79 Å². The molecule has 0 N–H and O–H groups in total. The lowest BCUT2D eigenvalue weighted by Crippen LogP contribution is -2.46. The summed E-state index contributed by atoms with van der Waals surface area (Å²) >= 11 is 6.25. The smallest absolute Gasteiger partial charge is 0.256 e. The van der Waals surface area contributed by atoms with Gasteiger partial charge in [0.2, 0.25) is 0 Å². The predicted octanol–water partition coefficient (Wildman–Crippen LogP) is 2.99. The number of pyridine rings is 1. The third-order valence-electron chi connectivity index (χ3n) is 5.88. The largest absolute Gasteiger partial charge is 0.357 e. The van der Waals surface area contributed by atoms with Gasteiger partial charge in [-0.15, -0.1) is 0 Å². The van der Waals surface area contributed by atoms with Crippen molar-refractivity contribution in [3.8, 4) is 0 Å². The van der Waals surface area contributed by atoms with Crippen LogP contribution in [0.1, 0.15) is 36.0 Å². The van der Waals surface area contributed by atoms with Gasteiger partial charge in [0.15, 0.2) is 0 Å². The maximum atomic E-state index is 12.1. The van der Waals surface area contributed by atoms with Gasteiger partial charge in [0.1, 0.15) is 11.0 Å². The maximum absolute atomic E-state index is 12.1. The van der Waals surface area contributed by atoms with Gasteiger partial charge in [-0.05, 0) is 63.7 Å². The Morgan fingerprint density at radius 1 is 1.12 bits per heavy atom. The highest BCUT2D eigenvalue weighted by Gasteiger charge is 2.37. The Kier molecular flexibility index (Phi) is 5.54. The molecule has 3 rings (SSSR count). The summed E-state index contributed by atoms with van der Waals surface area (Å²) in [5.41, 5.74) is 0.467. The molecule has 6 heteroatoms. The lowest BCUT2D eigenvalue weighted by Gasteiger charge is -2.46. The van der Waals surface area contributed by atoms with Gasteiger partial charge >= 0.3 is 0 Å². The van der Waals surface area contributed by atoms with Crippen molar-refractivity contribution < 1.29 is 4.79 Å². The summed E-state index contributed by atoms with van der Waals surface area (Å²) in [6, 6.07) is 4.51. The number of carbonyl (C=O) groups excluding carboxylic acids is 1. The zero-order valence-electron chi connectivity index (χ0n) is 15.7.